The average Bonchev–Trinajstić information content (AvgIpc) is 2.46. The Balaban J connectivity index is 2.33. The van der Waals surface area contributed by atoms with E-state index in [-0.39, 0.29) is 6.54 Å². The maximum Gasteiger partial charge on any atom is 0.416 e. The van der Waals surface area contributed by atoms with E-state index in [2.05, 4.69) is 10.3 Å². The van der Waals surface area contributed by atoms with Gasteiger partial charge < -0.3 is 0 Å². The highest BCUT2D eigenvalue weighted by Crippen LogP contribution is 2.40. The lowest BCUT2D eigenvalue weighted by atomic mass is 9.99. The first-order valence-corrected chi connectivity index (χ1v) is 6.54. The van der Waals surface area contributed by atoms with E-state index >= 15 is 0 Å². The van der Waals surface area contributed by atoms with Gasteiger partial charge >= 0.3 is 12.4 Å². The summed E-state index contributed by atoms with van der Waals surface area (Å²) in [5.74, 6) is 0. The van der Waals surface area contributed by atoms with E-state index in [4.69, 9.17) is 0 Å². The van der Waals surface area contributed by atoms with E-state index in [1.54, 1.807) is 0 Å². The van der Waals surface area contributed by atoms with Crippen LogP contribution in [0.15, 0.2) is 48.8 Å². The van der Waals surface area contributed by atoms with Gasteiger partial charge in [0.1, 0.15) is 6.04 Å². The van der Waals surface area contributed by atoms with Gasteiger partial charge in [0.15, 0.2) is 0 Å². The second kappa shape index (κ2) is 6.57. The van der Waals surface area contributed by atoms with Gasteiger partial charge in [0.05, 0.1) is 5.56 Å². The number of hydrogen-bond donors (Lipinski definition) is 1. The van der Waals surface area contributed by atoms with Crippen molar-refractivity contribution < 1.29 is 26.3 Å². The molecule has 2 aromatic rings. The van der Waals surface area contributed by atoms with Crippen molar-refractivity contribution in [3.8, 4) is 0 Å². The van der Waals surface area contributed by atoms with Crippen LogP contribution in [0.2, 0.25) is 0 Å². The van der Waals surface area contributed by atoms with Crippen molar-refractivity contribution in [2.45, 2.75) is 24.9 Å². The van der Waals surface area contributed by atoms with E-state index < -0.39 is 29.5 Å². The maximum absolute atomic E-state index is 13.2. The zero-order valence-electron chi connectivity index (χ0n) is 11.6. The largest absolute Gasteiger partial charge is 0.416 e. The summed E-state index contributed by atoms with van der Waals surface area (Å²) in [4.78, 5) is 3.75. The molecule has 1 aromatic carbocycles. The van der Waals surface area contributed by atoms with Gasteiger partial charge in [-0.3, -0.25) is 10.3 Å². The number of hydrogen-bond acceptors (Lipinski definition) is 2. The monoisotopic (exact) mass is 334 g/mol. The molecule has 2 nitrogen and oxygen atoms in total. The first-order valence-electron chi connectivity index (χ1n) is 6.54. The van der Waals surface area contributed by atoms with E-state index in [1.165, 1.54) is 24.5 Å². The number of nitrogens with one attached hydrogen (secondary N) is 1. The lowest BCUT2D eigenvalue weighted by Gasteiger charge is -2.25. The van der Waals surface area contributed by atoms with Crippen LogP contribution in [-0.2, 0) is 12.7 Å². The Hall–Kier alpha value is -2.09. The minimum absolute atomic E-state index is 0.260. The normalized spacial score (nSPS) is 13.8. The first-order chi connectivity index (χ1) is 10.7. The van der Waals surface area contributed by atoms with E-state index in [0.717, 1.165) is 18.2 Å². The Labute approximate surface area is 128 Å². The van der Waals surface area contributed by atoms with Crippen LogP contribution in [-0.4, -0.2) is 11.2 Å². The first kappa shape index (κ1) is 17.3. The molecule has 0 spiro atoms. The SMILES string of the molecule is FC(F)(F)c1ccccc1[C@H](NCc1cccnc1)C(F)(F)F. The summed E-state index contributed by atoms with van der Waals surface area (Å²) in [6, 6.07) is 4.31. The van der Waals surface area contributed by atoms with Gasteiger partial charge in [-0.2, -0.15) is 26.3 Å². The zero-order chi connectivity index (χ0) is 17.1. The van der Waals surface area contributed by atoms with Crippen molar-refractivity contribution in [2.24, 2.45) is 0 Å². The quantitative estimate of drug-likeness (QED) is 0.833. The highest BCUT2D eigenvalue weighted by molar-refractivity contribution is 5.33. The molecule has 0 aliphatic carbocycles. The topological polar surface area (TPSA) is 24.9 Å². The van der Waals surface area contributed by atoms with Crippen LogP contribution in [0.3, 0.4) is 0 Å². The minimum atomic E-state index is -4.87. The summed E-state index contributed by atoms with van der Waals surface area (Å²) in [7, 11) is 0. The summed E-state index contributed by atoms with van der Waals surface area (Å²) in [5, 5.41) is 2.14. The second-order valence-electron chi connectivity index (χ2n) is 4.80. The third-order valence-corrected chi connectivity index (χ3v) is 3.14. The molecule has 0 radical (unpaired) electrons. The molecule has 0 aliphatic heterocycles. The molecule has 0 fully saturated rings. The highest BCUT2D eigenvalue weighted by atomic mass is 19.4. The van der Waals surface area contributed by atoms with Crippen molar-refractivity contribution in [3.63, 3.8) is 0 Å². The number of pyridine rings is 1. The minimum Gasteiger partial charge on any atom is -0.298 e. The Morgan fingerprint density at radius 3 is 2.22 bits per heavy atom. The van der Waals surface area contributed by atoms with Gasteiger partial charge in [-0.25, -0.2) is 0 Å². The lowest BCUT2D eigenvalue weighted by Crippen LogP contribution is -2.35. The van der Waals surface area contributed by atoms with Crippen LogP contribution >= 0.6 is 0 Å². The Morgan fingerprint density at radius 1 is 0.957 bits per heavy atom. The number of halogens is 6. The molecule has 0 bridgehead atoms. The van der Waals surface area contributed by atoms with Crippen LogP contribution in [0.1, 0.15) is 22.7 Å². The Kier molecular flexibility index (Phi) is 4.93. The average molecular weight is 334 g/mol. The van der Waals surface area contributed by atoms with E-state index in [0.29, 0.717) is 11.6 Å². The van der Waals surface area contributed by atoms with Crippen LogP contribution in [0.4, 0.5) is 26.3 Å². The molecular formula is C15H12F6N2. The molecule has 23 heavy (non-hydrogen) atoms. The van der Waals surface area contributed by atoms with E-state index in [9.17, 15) is 26.3 Å². The molecule has 0 amide bonds. The molecular weight excluding hydrogens is 322 g/mol. The smallest absolute Gasteiger partial charge is 0.298 e. The van der Waals surface area contributed by atoms with Crippen molar-refractivity contribution in [1.82, 2.24) is 10.3 Å². The lowest BCUT2D eigenvalue weighted by molar-refractivity contribution is -0.163. The number of nitrogens with zero attached hydrogens (tertiary/aromatic N) is 1. The summed E-state index contributed by atoms with van der Waals surface area (Å²) in [5.41, 5.74) is -1.72. The molecule has 8 heteroatoms. The van der Waals surface area contributed by atoms with Crippen LogP contribution < -0.4 is 5.32 Å². The van der Waals surface area contributed by atoms with Crippen molar-refractivity contribution in [2.75, 3.05) is 0 Å². The molecule has 1 aromatic heterocycles. The van der Waals surface area contributed by atoms with E-state index in [1.807, 2.05) is 0 Å². The van der Waals surface area contributed by atoms with Gasteiger partial charge in [-0.15, -0.1) is 0 Å². The molecule has 0 saturated heterocycles. The molecule has 1 atom stereocenters. The van der Waals surface area contributed by atoms with Crippen LogP contribution in [0, 0.1) is 0 Å². The summed E-state index contributed by atoms with van der Waals surface area (Å²) < 4.78 is 78.6. The molecule has 124 valence electrons. The van der Waals surface area contributed by atoms with Crippen LogP contribution in [0.5, 0.6) is 0 Å². The molecule has 0 saturated carbocycles. The summed E-state index contributed by atoms with van der Waals surface area (Å²) in [6.45, 7) is -0.260. The highest BCUT2D eigenvalue weighted by Gasteiger charge is 2.45. The predicted molar refractivity (Wildman–Crippen MR) is 71.3 cm³/mol. The molecule has 0 unspecified atom stereocenters. The van der Waals surface area contributed by atoms with Gasteiger partial charge in [0.2, 0.25) is 0 Å². The fraction of sp³-hybridized carbons (Fsp3) is 0.267. The van der Waals surface area contributed by atoms with Crippen molar-refractivity contribution in [1.29, 1.82) is 0 Å². The fourth-order valence-corrected chi connectivity index (χ4v) is 2.13. The van der Waals surface area contributed by atoms with Crippen LogP contribution in [0.25, 0.3) is 0 Å². The molecule has 2 rings (SSSR count). The summed E-state index contributed by atoms with van der Waals surface area (Å²) in [6.07, 6.45) is -6.95. The maximum atomic E-state index is 13.2. The van der Waals surface area contributed by atoms with Crippen molar-refractivity contribution in [3.05, 3.63) is 65.5 Å². The van der Waals surface area contributed by atoms with Crippen molar-refractivity contribution >= 4 is 0 Å². The molecule has 1 heterocycles. The number of aromatic nitrogens is 1. The van der Waals surface area contributed by atoms with Gasteiger partial charge in [0, 0.05) is 18.9 Å². The molecule has 1 N–H and O–H groups in total. The summed E-state index contributed by atoms with van der Waals surface area (Å²) >= 11 is 0. The molecule has 0 aliphatic rings. The standard InChI is InChI=1S/C15H12F6N2/c16-14(17,18)12-6-2-1-5-11(12)13(15(19,20)21)23-9-10-4-3-7-22-8-10/h1-8,13,23H,9H2/t13-/m0/s1. The Bertz CT molecular complexity index is 636. The fourth-order valence-electron chi connectivity index (χ4n) is 2.13. The third-order valence-electron chi connectivity index (χ3n) is 3.14. The van der Waals surface area contributed by atoms with Gasteiger partial charge in [0.25, 0.3) is 0 Å². The zero-order valence-corrected chi connectivity index (χ0v) is 11.6. The predicted octanol–water partition coefficient (Wildman–Crippen LogP) is 4.49. The Morgan fingerprint density at radius 2 is 1.65 bits per heavy atom. The third kappa shape index (κ3) is 4.44. The number of benzene rings is 1. The van der Waals surface area contributed by atoms with Gasteiger partial charge in [-0.05, 0) is 23.3 Å². The number of alkyl halides is 6. The second-order valence-corrected chi connectivity index (χ2v) is 4.80. The van der Waals surface area contributed by atoms with Gasteiger partial charge in [-0.1, -0.05) is 24.3 Å². The number of rotatable bonds is 4.